The SMILES string of the molecule is c1ccc(-c2cc(-c3ccccc3)c(N=C3OCCOC3=Nc3c(-c4ccccc4)cc(-c4ccccc4)cc3-c3ccccc3)c(-c3ccccc3)c2)cc1. The van der Waals surface area contributed by atoms with Crippen molar-refractivity contribution in [1.82, 2.24) is 0 Å². The Labute approximate surface area is 327 Å². The zero-order chi connectivity index (χ0) is 37.5. The quantitative estimate of drug-likeness (QED) is 0.157. The average molecular weight is 723 g/mol. The van der Waals surface area contributed by atoms with Crippen molar-refractivity contribution in [3.8, 4) is 66.8 Å². The zero-order valence-electron chi connectivity index (χ0n) is 30.8. The summed E-state index contributed by atoms with van der Waals surface area (Å²) in [5.41, 5.74) is 14.1. The average Bonchev–Trinajstić information content (AvgIpc) is 3.29. The van der Waals surface area contributed by atoms with Gasteiger partial charge in [-0.3, -0.25) is 0 Å². The normalized spacial score (nSPS) is 13.9. The molecule has 4 heteroatoms. The second-order valence-corrected chi connectivity index (χ2v) is 13.6. The van der Waals surface area contributed by atoms with Crippen molar-refractivity contribution in [2.24, 2.45) is 9.98 Å². The van der Waals surface area contributed by atoms with Crippen LogP contribution < -0.4 is 0 Å². The highest BCUT2D eigenvalue weighted by molar-refractivity contribution is 6.37. The summed E-state index contributed by atoms with van der Waals surface area (Å²) in [6.07, 6.45) is 0. The van der Waals surface area contributed by atoms with E-state index in [-0.39, 0.29) is 0 Å². The molecule has 0 aliphatic carbocycles. The van der Waals surface area contributed by atoms with Gasteiger partial charge in [-0.05, 0) is 68.8 Å². The molecule has 8 aromatic rings. The van der Waals surface area contributed by atoms with E-state index in [1.807, 2.05) is 36.4 Å². The second-order valence-electron chi connectivity index (χ2n) is 13.6. The Morgan fingerprint density at radius 1 is 0.268 bits per heavy atom. The first-order valence-corrected chi connectivity index (χ1v) is 18.9. The van der Waals surface area contributed by atoms with Crippen molar-refractivity contribution in [3.05, 3.63) is 206 Å². The molecule has 9 rings (SSSR count). The van der Waals surface area contributed by atoms with Gasteiger partial charge in [-0.15, -0.1) is 0 Å². The van der Waals surface area contributed by atoms with Crippen molar-refractivity contribution >= 4 is 23.2 Å². The van der Waals surface area contributed by atoms with Crippen LogP contribution in [0.2, 0.25) is 0 Å². The molecule has 0 radical (unpaired) electrons. The van der Waals surface area contributed by atoms with Gasteiger partial charge in [0.15, 0.2) is 0 Å². The van der Waals surface area contributed by atoms with E-state index in [1.54, 1.807) is 0 Å². The van der Waals surface area contributed by atoms with E-state index in [0.29, 0.717) is 25.0 Å². The lowest BCUT2D eigenvalue weighted by Gasteiger charge is -2.22. The molecule has 1 aliphatic heterocycles. The molecule has 1 fully saturated rings. The molecule has 1 saturated heterocycles. The summed E-state index contributed by atoms with van der Waals surface area (Å²) in [5.74, 6) is 0.673. The Hall–Kier alpha value is -7.30. The predicted molar refractivity (Wildman–Crippen MR) is 232 cm³/mol. The maximum absolute atomic E-state index is 6.44. The lowest BCUT2D eigenvalue weighted by molar-refractivity contribution is 0.173. The van der Waals surface area contributed by atoms with E-state index < -0.39 is 0 Å². The van der Waals surface area contributed by atoms with E-state index in [4.69, 9.17) is 19.5 Å². The van der Waals surface area contributed by atoms with Gasteiger partial charge in [-0.2, -0.15) is 0 Å². The summed E-state index contributed by atoms with van der Waals surface area (Å²) in [7, 11) is 0. The third-order valence-corrected chi connectivity index (χ3v) is 9.94. The van der Waals surface area contributed by atoms with Crippen molar-refractivity contribution < 1.29 is 9.47 Å². The number of hydrogen-bond acceptors (Lipinski definition) is 4. The Morgan fingerprint density at radius 2 is 0.500 bits per heavy atom. The number of ether oxygens (including phenoxy) is 2. The Morgan fingerprint density at radius 3 is 0.750 bits per heavy atom. The van der Waals surface area contributed by atoms with Gasteiger partial charge in [-0.25, -0.2) is 9.98 Å². The van der Waals surface area contributed by atoms with Gasteiger partial charge in [-0.1, -0.05) is 182 Å². The highest BCUT2D eigenvalue weighted by Gasteiger charge is 2.25. The first-order chi connectivity index (χ1) is 27.8. The first-order valence-electron chi connectivity index (χ1n) is 18.9. The van der Waals surface area contributed by atoms with Crippen molar-refractivity contribution in [3.63, 3.8) is 0 Å². The predicted octanol–water partition coefficient (Wildman–Crippen LogP) is 13.5. The molecular formula is C52H38N2O2. The van der Waals surface area contributed by atoms with Gasteiger partial charge >= 0.3 is 0 Å². The molecule has 0 N–H and O–H groups in total. The van der Waals surface area contributed by atoms with Crippen LogP contribution in [-0.4, -0.2) is 25.0 Å². The smallest absolute Gasteiger partial charge is 0.278 e. The fraction of sp³-hybridized carbons (Fsp3) is 0.0385. The standard InChI is InChI=1S/C52H38N2O2/c1-7-19-37(20-8-1)43-33-45(39-23-11-3-12-24-39)49(46(34-43)40-25-13-4-14-26-40)53-51-52(56-32-31-55-51)54-50-47(41-27-15-5-16-28-41)35-44(38-21-9-2-10-22-38)36-48(50)42-29-17-6-18-30-42/h1-30,33-36H,31-32H2. The summed E-state index contributed by atoms with van der Waals surface area (Å²) >= 11 is 0. The Kier molecular flexibility index (Phi) is 9.83. The van der Waals surface area contributed by atoms with Gasteiger partial charge in [0, 0.05) is 22.3 Å². The summed E-state index contributed by atoms with van der Waals surface area (Å²) in [5, 5.41) is 0. The van der Waals surface area contributed by atoms with E-state index in [2.05, 4.69) is 170 Å². The topological polar surface area (TPSA) is 43.2 Å². The summed E-state index contributed by atoms with van der Waals surface area (Å²) < 4.78 is 12.9. The molecule has 0 bridgehead atoms. The van der Waals surface area contributed by atoms with Gasteiger partial charge in [0.2, 0.25) is 0 Å². The van der Waals surface area contributed by atoms with Gasteiger partial charge in [0.1, 0.15) is 13.2 Å². The van der Waals surface area contributed by atoms with E-state index >= 15 is 0 Å². The monoisotopic (exact) mass is 722 g/mol. The van der Waals surface area contributed by atoms with Crippen LogP contribution in [0.4, 0.5) is 11.4 Å². The van der Waals surface area contributed by atoms with Gasteiger partial charge in [0.05, 0.1) is 11.4 Å². The number of nitrogens with zero attached hydrogens (tertiary/aromatic N) is 2. The minimum Gasteiger partial charge on any atom is -0.470 e. The number of rotatable bonds is 8. The maximum atomic E-state index is 6.44. The van der Waals surface area contributed by atoms with Crippen molar-refractivity contribution in [2.75, 3.05) is 13.2 Å². The fourth-order valence-corrected chi connectivity index (χ4v) is 7.22. The first kappa shape index (κ1) is 34.5. The maximum Gasteiger partial charge on any atom is 0.278 e. The molecule has 1 aliphatic rings. The molecule has 4 nitrogen and oxygen atoms in total. The van der Waals surface area contributed by atoms with Crippen LogP contribution in [0.1, 0.15) is 0 Å². The van der Waals surface area contributed by atoms with Gasteiger partial charge in [0.25, 0.3) is 11.8 Å². The third kappa shape index (κ3) is 7.29. The molecular weight excluding hydrogens is 685 g/mol. The lowest BCUT2D eigenvalue weighted by atomic mass is 9.91. The lowest BCUT2D eigenvalue weighted by Crippen LogP contribution is -2.29. The van der Waals surface area contributed by atoms with E-state index in [9.17, 15) is 0 Å². The minimum absolute atomic E-state index is 0.336. The Balaban J connectivity index is 1.30. The number of aliphatic imine (C=N–C) groups is 2. The van der Waals surface area contributed by atoms with Crippen LogP contribution >= 0.6 is 0 Å². The van der Waals surface area contributed by atoms with Crippen LogP contribution in [0, 0.1) is 0 Å². The number of benzene rings is 8. The molecule has 0 spiro atoms. The molecule has 268 valence electrons. The van der Waals surface area contributed by atoms with Crippen LogP contribution in [0.3, 0.4) is 0 Å². The van der Waals surface area contributed by atoms with Gasteiger partial charge < -0.3 is 9.47 Å². The van der Waals surface area contributed by atoms with Crippen molar-refractivity contribution in [1.29, 1.82) is 0 Å². The molecule has 0 aromatic heterocycles. The Bertz CT molecular complexity index is 2330. The highest BCUT2D eigenvalue weighted by Crippen LogP contribution is 2.45. The summed E-state index contributed by atoms with van der Waals surface area (Å²) in [4.78, 5) is 10.8. The largest absolute Gasteiger partial charge is 0.470 e. The highest BCUT2D eigenvalue weighted by atomic mass is 16.6. The molecule has 1 heterocycles. The molecule has 56 heavy (non-hydrogen) atoms. The van der Waals surface area contributed by atoms with Crippen LogP contribution in [0.15, 0.2) is 216 Å². The molecule has 8 aromatic carbocycles. The molecule has 0 amide bonds. The van der Waals surface area contributed by atoms with E-state index in [0.717, 1.165) is 78.1 Å². The molecule has 0 atom stereocenters. The zero-order valence-corrected chi connectivity index (χ0v) is 30.8. The van der Waals surface area contributed by atoms with Crippen LogP contribution in [-0.2, 0) is 9.47 Å². The third-order valence-electron chi connectivity index (χ3n) is 9.94. The second kappa shape index (κ2) is 16.0. The molecule has 0 saturated carbocycles. The summed E-state index contributed by atoms with van der Waals surface area (Å²) in [6.45, 7) is 0.705. The minimum atomic E-state index is 0.336. The van der Waals surface area contributed by atoms with Crippen LogP contribution in [0.25, 0.3) is 66.8 Å². The fourth-order valence-electron chi connectivity index (χ4n) is 7.22. The molecule has 0 unspecified atom stereocenters. The number of hydrogen-bond donors (Lipinski definition) is 0. The van der Waals surface area contributed by atoms with E-state index in [1.165, 1.54) is 0 Å². The van der Waals surface area contributed by atoms with Crippen molar-refractivity contribution in [2.45, 2.75) is 0 Å². The summed E-state index contributed by atoms with van der Waals surface area (Å²) in [6, 6.07) is 71.5. The van der Waals surface area contributed by atoms with Crippen LogP contribution in [0.5, 0.6) is 0 Å².